The van der Waals surface area contributed by atoms with E-state index in [9.17, 15) is 13.6 Å². The van der Waals surface area contributed by atoms with E-state index in [4.69, 9.17) is 21.2 Å². The molecule has 2 unspecified atom stereocenters. The molecule has 1 aliphatic carbocycles. The molecule has 2 aromatic carbocycles. The number of methoxy groups -OCH3 is 1. The highest BCUT2D eigenvalue weighted by Crippen LogP contribution is 2.42. The van der Waals surface area contributed by atoms with Crippen molar-refractivity contribution in [3.8, 4) is 5.75 Å². The number of hydrogen-bond acceptors (Lipinski definition) is 10. The van der Waals surface area contributed by atoms with E-state index in [0.29, 0.717) is 47.3 Å². The number of amides is 1. The van der Waals surface area contributed by atoms with E-state index in [2.05, 4.69) is 48.8 Å². The predicted octanol–water partition coefficient (Wildman–Crippen LogP) is 6.31. The molecular formula is C36H43ClF2N8O3. The molecule has 3 aliphatic heterocycles. The third-order valence-corrected chi connectivity index (χ3v) is 10.7. The first-order valence-corrected chi connectivity index (χ1v) is 17.7. The number of carbonyl (C=O) groups is 1. The molecule has 14 heteroatoms. The second kappa shape index (κ2) is 14.7. The lowest BCUT2D eigenvalue weighted by Crippen LogP contribution is -2.57. The molecule has 7 rings (SSSR count). The lowest BCUT2D eigenvalue weighted by molar-refractivity contribution is -0.111. The summed E-state index contributed by atoms with van der Waals surface area (Å²) in [5.41, 5.74) is 2.03. The first-order valence-electron chi connectivity index (χ1n) is 17.3. The SMILES string of the molecule is C=CC(=O)Nc1cc(Nc2cc(N3OCCC3c3c(F)ccc(F)c3Cl)ncn2)c(OC)cc1N1CCC(N2CCN(C3CC3)C(C)C2)CC1. The maximum atomic E-state index is 14.9. The summed E-state index contributed by atoms with van der Waals surface area (Å²) < 4.78 is 35.0. The Morgan fingerprint density at radius 2 is 1.80 bits per heavy atom. The summed E-state index contributed by atoms with van der Waals surface area (Å²) in [6.45, 7) is 11.3. The van der Waals surface area contributed by atoms with Crippen molar-refractivity contribution in [1.82, 2.24) is 19.8 Å². The van der Waals surface area contributed by atoms with Gasteiger partial charge in [-0.3, -0.25) is 19.4 Å². The fourth-order valence-electron chi connectivity index (χ4n) is 7.61. The van der Waals surface area contributed by atoms with Gasteiger partial charge < -0.3 is 20.3 Å². The Bertz CT molecular complexity index is 1740. The van der Waals surface area contributed by atoms with Gasteiger partial charge in [0.05, 0.1) is 41.8 Å². The van der Waals surface area contributed by atoms with Gasteiger partial charge >= 0.3 is 0 Å². The summed E-state index contributed by atoms with van der Waals surface area (Å²) in [7, 11) is 1.59. The summed E-state index contributed by atoms with van der Waals surface area (Å²) in [6.07, 6.45) is 7.71. The number of anilines is 5. The van der Waals surface area contributed by atoms with Crippen LogP contribution in [0.1, 0.15) is 50.6 Å². The maximum Gasteiger partial charge on any atom is 0.247 e. The number of aromatic nitrogens is 2. The molecule has 3 saturated heterocycles. The quantitative estimate of drug-likeness (QED) is 0.184. The second-order valence-electron chi connectivity index (χ2n) is 13.4. The van der Waals surface area contributed by atoms with Crippen molar-refractivity contribution in [2.45, 2.75) is 63.2 Å². The van der Waals surface area contributed by atoms with Crippen molar-refractivity contribution in [1.29, 1.82) is 0 Å². The lowest BCUT2D eigenvalue weighted by atomic mass is 9.99. The van der Waals surface area contributed by atoms with E-state index in [1.165, 1.54) is 30.3 Å². The zero-order chi connectivity index (χ0) is 34.9. The fourth-order valence-corrected chi connectivity index (χ4v) is 7.89. The minimum absolute atomic E-state index is 0.00638. The van der Waals surface area contributed by atoms with Gasteiger partial charge in [0.25, 0.3) is 0 Å². The van der Waals surface area contributed by atoms with Crippen LogP contribution in [-0.4, -0.2) is 90.2 Å². The van der Waals surface area contributed by atoms with Gasteiger partial charge in [-0.25, -0.2) is 23.8 Å². The average Bonchev–Trinajstić information content (AvgIpc) is 3.86. The van der Waals surface area contributed by atoms with Gasteiger partial charge in [0.2, 0.25) is 5.91 Å². The molecule has 4 fully saturated rings. The largest absolute Gasteiger partial charge is 0.494 e. The standard InChI is InChI=1S/C36H43ClF2N8O3/c1-4-34(48)43-27-17-28(42-32-19-33(41-21-40-32)47-29(11-16-50-47)35-25(38)7-8-26(39)36(35)37)31(49-3)18-30(27)44-12-9-23(10-13-44)45-14-15-46(22(2)20-45)24-5-6-24/h4,7-8,17-19,21-24,29H,1,5-6,9-16,20H2,2-3H3,(H,43,48)(H,40,41,42). The Morgan fingerprint density at radius 1 is 1.02 bits per heavy atom. The van der Waals surface area contributed by atoms with Crippen molar-refractivity contribution >= 4 is 46.2 Å². The Hall–Kier alpha value is -4.04. The molecule has 2 atom stereocenters. The van der Waals surface area contributed by atoms with E-state index < -0.39 is 17.7 Å². The summed E-state index contributed by atoms with van der Waals surface area (Å²) in [4.78, 5) is 34.8. The van der Waals surface area contributed by atoms with Crippen LogP contribution in [0.15, 0.2) is 49.3 Å². The predicted molar refractivity (Wildman–Crippen MR) is 190 cm³/mol. The number of benzene rings is 2. The van der Waals surface area contributed by atoms with Crippen LogP contribution in [0.3, 0.4) is 0 Å². The first kappa shape index (κ1) is 34.4. The van der Waals surface area contributed by atoms with E-state index in [-0.39, 0.29) is 23.1 Å². The van der Waals surface area contributed by atoms with Crippen LogP contribution >= 0.6 is 11.6 Å². The minimum Gasteiger partial charge on any atom is -0.494 e. The summed E-state index contributed by atoms with van der Waals surface area (Å²) in [5.74, 6) is -0.409. The zero-order valence-electron chi connectivity index (χ0n) is 28.4. The molecule has 4 heterocycles. The smallest absolute Gasteiger partial charge is 0.247 e. The maximum absolute atomic E-state index is 14.9. The van der Waals surface area contributed by atoms with Crippen molar-refractivity contribution in [2.24, 2.45) is 0 Å². The van der Waals surface area contributed by atoms with Crippen LogP contribution in [0, 0.1) is 11.6 Å². The Morgan fingerprint density at radius 3 is 2.52 bits per heavy atom. The van der Waals surface area contributed by atoms with Gasteiger partial charge in [-0.15, -0.1) is 0 Å². The summed E-state index contributed by atoms with van der Waals surface area (Å²) in [6, 6.07) is 8.65. The average molecular weight is 709 g/mol. The molecule has 4 aliphatic rings. The lowest BCUT2D eigenvalue weighted by Gasteiger charge is -2.46. The molecule has 2 N–H and O–H groups in total. The van der Waals surface area contributed by atoms with Crippen LogP contribution in [-0.2, 0) is 9.63 Å². The molecule has 0 bridgehead atoms. The Labute approximate surface area is 296 Å². The number of hydrogen-bond donors (Lipinski definition) is 2. The number of piperidine rings is 1. The Balaban J connectivity index is 1.09. The molecule has 1 amide bonds. The number of hydroxylamine groups is 1. The van der Waals surface area contributed by atoms with Crippen LogP contribution in [0.4, 0.5) is 37.5 Å². The third-order valence-electron chi connectivity index (χ3n) is 10.3. The van der Waals surface area contributed by atoms with E-state index in [1.54, 1.807) is 13.2 Å². The molecular weight excluding hydrogens is 666 g/mol. The number of halogens is 3. The number of nitrogens with one attached hydrogen (secondary N) is 2. The van der Waals surface area contributed by atoms with Crippen LogP contribution in [0.25, 0.3) is 0 Å². The van der Waals surface area contributed by atoms with Crippen molar-refractivity contribution < 1.29 is 23.1 Å². The van der Waals surface area contributed by atoms with Gasteiger partial charge in [-0.1, -0.05) is 18.2 Å². The number of piperazine rings is 1. The number of rotatable bonds is 10. The normalized spacial score (nSPS) is 22.1. The number of nitrogens with zero attached hydrogens (tertiary/aromatic N) is 6. The van der Waals surface area contributed by atoms with Gasteiger partial charge in [0, 0.05) is 75.0 Å². The fraction of sp³-hybridized carbons (Fsp3) is 0.472. The highest BCUT2D eigenvalue weighted by molar-refractivity contribution is 6.31. The molecule has 11 nitrogen and oxygen atoms in total. The molecule has 1 saturated carbocycles. The highest BCUT2D eigenvalue weighted by Gasteiger charge is 2.38. The molecule has 0 radical (unpaired) electrons. The third kappa shape index (κ3) is 7.09. The van der Waals surface area contributed by atoms with Gasteiger partial charge in [0.1, 0.15) is 29.5 Å². The van der Waals surface area contributed by atoms with Crippen LogP contribution in [0.5, 0.6) is 5.75 Å². The van der Waals surface area contributed by atoms with Gasteiger partial charge in [-0.2, -0.15) is 0 Å². The van der Waals surface area contributed by atoms with E-state index in [0.717, 1.165) is 69.4 Å². The Kier molecular flexibility index (Phi) is 10.1. The van der Waals surface area contributed by atoms with Crippen molar-refractivity contribution in [3.63, 3.8) is 0 Å². The van der Waals surface area contributed by atoms with Crippen LogP contribution in [0.2, 0.25) is 5.02 Å². The monoisotopic (exact) mass is 708 g/mol. The molecule has 3 aromatic rings. The van der Waals surface area contributed by atoms with E-state index in [1.807, 2.05) is 12.1 Å². The zero-order valence-corrected chi connectivity index (χ0v) is 29.1. The first-order chi connectivity index (χ1) is 24.2. The van der Waals surface area contributed by atoms with Crippen molar-refractivity contribution in [3.05, 3.63) is 71.5 Å². The summed E-state index contributed by atoms with van der Waals surface area (Å²) >= 11 is 6.20. The van der Waals surface area contributed by atoms with Crippen LogP contribution < -0.4 is 25.3 Å². The van der Waals surface area contributed by atoms with Crippen molar-refractivity contribution in [2.75, 3.05) is 67.0 Å². The topological polar surface area (TPSA) is 98.3 Å². The van der Waals surface area contributed by atoms with Gasteiger partial charge in [0.15, 0.2) is 5.82 Å². The number of ether oxygens (including phenoxy) is 1. The molecule has 266 valence electrons. The molecule has 1 aromatic heterocycles. The second-order valence-corrected chi connectivity index (χ2v) is 13.8. The minimum atomic E-state index is -0.712. The number of carbonyl (C=O) groups excluding carboxylic acids is 1. The molecule has 50 heavy (non-hydrogen) atoms. The molecule has 0 spiro atoms. The van der Waals surface area contributed by atoms with Gasteiger partial charge in [-0.05, 0) is 56.9 Å². The highest BCUT2D eigenvalue weighted by atomic mass is 35.5. The summed E-state index contributed by atoms with van der Waals surface area (Å²) in [5, 5.41) is 7.39. The van der Waals surface area contributed by atoms with E-state index >= 15 is 0 Å².